The summed E-state index contributed by atoms with van der Waals surface area (Å²) in [5.41, 5.74) is 4.57. The number of carbonyl (C=O) groups excluding carboxylic acids is 1. The van der Waals surface area contributed by atoms with Crippen LogP contribution in [0.5, 0.6) is 0 Å². The fraction of sp³-hybridized carbons (Fsp3) is 0.188. The highest BCUT2D eigenvalue weighted by Crippen LogP contribution is 2.44. The Kier molecular flexibility index (Phi) is 4.18. The molecule has 2 aromatic carbocycles. The van der Waals surface area contributed by atoms with Crippen LogP contribution in [0.15, 0.2) is 48.5 Å². The van der Waals surface area contributed by atoms with Crippen LogP contribution in [0, 0.1) is 0 Å². The molecular weight excluding hydrogens is 301 g/mol. The third-order valence-electron chi connectivity index (χ3n) is 3.70. The molecule has 6 heteroatoms. The number of alkyl carbamates (subject to hydrolysis) is 1. The molecule has 0 heterocycles. The van der Waals surface area contributed by atoms with Crippen molar-refractivity contribution in [2.24, 2.45) is 0 Å². The molecule has 22 heavy (non-hydrogen) atoms. The molecule has 1 unspecified atom stereocenters. The van der Waals surface area contributed by atoms with E-state index in [0.29, 0.717) is 0 Å². The molecular formula is C16H15NO4P+. The summed E-state index contributed by atoms with van der Waals surface area (Å²) in [6, 6.07) is 16.1. The van der Waals surface area contributed by atoms with E-state index in [9.17, 15) is 9.36 Å². The van der Waals surface area contributed by atoms with Gasteiger partial charge in [0, 0.05) is 5.92 Å². The SMILES string of the molecule is O=C(NC[P+](=O)O)OCC1c2ccccc2-c2ccccc21. The van der Waals surface area contributed by atoms with Gasteiger partial charge in [0.2, 0.25) is 0 Å². The Labute approximate surface area is 128 Å². The van der Waals surface area contributed by atoms with Crippen molar-refractivity contribution in [1.29, 1.82) is 0 Å². The number of ether oxygens (including phenoxy) is 1. The minimum Gasteiger partial charge on any atom is -0.448 e. The molecule has 1 aliphatic rings. The van der Waals surface area contributed by atoms with E-state index < -0.39 is 14.1 Å². The predicted molar refractivity (Wildman–Crippen MR) is 82.9 cm³/mol. The van der Waals surface area contributed by atoms with E-state index in [0.717, 1.165) is 22.3 Å². The van der Waals surface area contributed by atoms with Crippen LogP contribution in [-0.2, 0) is 9.30 Å². The summed E-state index contributed by atoms with van der Waals surface area (Å²) in [5.74, 6) is -0.0129. The Morgan fingerprint density at radius 3 is 2.18 bits per heavy atom. The zero-order valence-electron chi connectivity index (χ0n) is 11.7. The molecule has 112 valence electrons. The van der Waals surface area contributed by atoms with E-state index in [1.54, 1.807) is 0 Å². The molecule has 3 rings (SSSR count). The Balaban J connectivity index is 1.77. The second-order valence-electron chi connectivity index (χ2n) is 5.01. The molecule has 0 bridgehead atoms. The van der Waals surface area contributed by atoms with Gasteiger partial charge in [0.1, 0.15) is 6.61 Å². The Morgan fingerprint density at radius 1 is 1.09 bits per heavy atom. The van der Waals surface area contributed by atoms with Crippen LogP contribution in [-0.4, -0.2) is 23.9 Å². The maximum atomic E-state index is 11.6. The quantitative estimate of drug-likeness (QED) is 0.849. The van der Waals surface area contributed by atoms with Crippen molar-refractivity contribution < 1.29 is 19.0 Å². The molecule has 2 N–H and O–H groups in total. The van der Waals surface area contributed by atoms with Gasteiger partial charge in [-0.1, -0.05) is 48.5 Å². The molecule has 0 saturated heterocycles. The zero-order valence-corrected chi connectivity index (χ0v) is 12.6. The lowest BCUT2D eigenvalue weighted by atomic mass is 9.98. The number of rotatable bonds is 4. The van der Waals surface area contributed by atoms with Crippen molar-refractivity contribution in [2.75, 3.05) is 12.9 Å². The van der Waals surface area contributed by atoms with Crippen LogP contribution in [0.2, 0.25) is 0 Å². The number of amides is 1. The first-order valence-corrected chi connectivity index (χ1v) is 8.29. The van der Waals surface area contributed by atoms with Gasteiger partial charge in [0.15, 0.2) is 0 Å². The van der Waals surface area contributed by atoms with Crippen LogP contribution < -0.4 is 5.32 Å². The van der Waals surface area contributed by atoms with Gasteiger partial charge < -0.3 is 4.74 Å². The lowest BCUT2D eigenvalue weighted by molar-refractivity contribution is 0.144. The summed E-state index contributed by atoms with van der Waals surface area (Å²) in [6.45, 7) is 0.196. The summed E-state index contributed by atoms with van der Waals surface area (Å²) in [7, 11) is -2.40. The highest BCUT2D eigenvalue weighted by Gasteiger charge is 2.29. The monoisotopic (exact) mass is 316 g/mol. The van der Waals surface area contributed by atoms with Gasteiger partial charge in [-0.3, -0.25) is 5.32 Å². The number of carbonyl (C=O) groups is 1. The van der Waals surface area contributed by atoms with Gasteiger partial charge >= 0.3 is 14.1 Å². The molecule has 0 saturated carbocycles. The van der Waals surface area contributed by atoms with Crippen molar-refractivity contribution in [3.8, 4) is 11.1 Å². The summed E-state index contributed by atoms with van der Waals surface area (Å²) >= 11 is 0. The molecule has 1 atom stereocenters. The van der Waals surface area contributed by atoms with Crippen LogP contribution in [0.3, 0.4) is 0 Å². The number of fused-ring (bicyclic) bond motifs is 3. The largest absolute Gasteiger partial charge is 0.527 e. The van der Waals surface area contributed by atoms with Crippen LogP contribution >= 0.6 is 8.03 Å². The maximum Gasteiger partial charge on any atom is 0.527 e. The van der Waals surface area contributed by atoms with Crippen LogP contribution in [0.1, 0.15) is 17.0 Å². The standard InChI is InChI=1S/C16H14NO4P/c18-16(17-10-22(19)20)21-9-15-13-7-3-1-5-11(13)12-6-2-4-8-14(12)15/h1-8,15H,9-10H2,(H-,17,18,19,20)/p+1. The summed E-state index contributed by atoms with van der Waals surface area (Å²) < 4.78 is 15.8. The minimum absolute atomic E-state index is 0.0129. The van der Waals surface area contributed by atoms with E-state index in [1.807, 2.05) is 36.4 Å². The first-order valence-electron chi connectivity index (χ1n) is 6.89. The van der Waals surface area contributed by atoms with Gasteiger partial charge in [-0.25, -0.2) is 4.79 Å². The summed E-state index contributed by atoms with van der Waals surface area (Å²) in [6.07, 6.45) is -0.981. The molecule has 1 aliphatic carbocycles. The maximum absolute atomic E-state index is 11.6. The minimum atomic E-state index is -2.40. The molecule has 1 amide bonds. The van der Waals surface area contributed by atoms with E-state index in [-0.39, 0.29) is 18.8 Å². The van der Waals surface area contributed by atoms with Gasteiger partial charge in [-0.2, -0.15) is 4.89 Å². The number of nitrogens with one attached hydrogen (secondary N) is 1. The topological polar surface area (TPSA) is 75.6 Å². The van der Waals surface area contributed by atoms with Crippen molar-refractivity contribution >= 4 is 14.1 Å². The van der Waals surface area contributed by atoms with Gasteiger partial charge in [0.25, 0.3) is 6.29 Å². The fourth-order valence-electron chi connectivity index (χ4n) is 2.78. The number of hydrogen-bond donors (Lipinski definition) is 2. The van der Waals surface area contributed by atoms with Gasteiger partial charge in [-0.05, 0) is 26.8 Å². The fourth-order valence-corrected chi connectivity index (χ4v) is 3.05. The summed E-state index contributed by atoms with van der Waals surface area (Å²) in [5, 5.41) is 2.26. The highest BCUT2D eigenvalue weighted by atomic mass is 31.1. The Morgan fingerprint density at radius 2 is 1.64 bits per heavy atom. The molecule has 0 fully saturated rings. The molecule has 2 aromatic rings. The summed E-state index contributed by atoms with van der Waals surface area (Å²) in [4.78, 5) is 20.2. The number of benzene rings is 2. The first kappa shape index (κ1) is 14.7. The van der Waals surface area contributed by atoms with Crippen molar-refractivity contribution in [3.63, 3.8) is 0 Å². The second kappa shape index (κ2) is 6.26. The van der Waals surface area contributed by atoms with E-state index in [4.69, 9.17) is 9.63 Å². The average Bonchev–Trinajstić information content (AvgIpc) is 2.85. The predicted octanol–water partition coefficient (Wildman–Crippen LogP) is 3.22. The average molecular weight is 316 g/mol. The molecule has 0 spiro atoms. The van der Waals surface area contributed by atoms with Gasteiger partial charge in [-0.15, -0.1) is 0 Å². The van der Waals surface area contributed by atoms with Crippen LogP contribution in [0.25, 0.3) is 11.1 Å². The van der Waals surface area contributed by atoms with Crippen molar-refractivity contribution in [1.82, 2.24) is 5.32 Å². The normalized spacial score (nSPS) is 13.2. The Hall–Kier alpha value is -2.23. The first-order chi connectivity index (χ1) is 10.7. The van der Waals surface area contributed by atoms with Crippen molar-refractivity contribution in [3.05, 3.63) is 59.7 Å². The lowest BCUT2D eigenvalue weighted by Crippen LogP contribution is -2.25. The zero-order chi connectivity index (χ0) is 15.5. The molecule has 0 aromatic heterocycles. The second-order valence-corrected chi connectivity index (χ2v) is 6.03. The van der Waals surface area contributed by atoms with Crippen LogP contribution in [0.4, 0.5) is 4.79 Å². The molecule has 0 aliphatic heterocycles. The smallest absolute Gasteiger partial charge is 0.448 e. The van der Waals surface area contributed by atoms with E-state index in [2.05, 4.69) is 17.4 Å². The van der Waals surface area contributed by atoms with Crippen molar-refractivity contribution in [2.45, 2.75) is 5.92 Å². The molecule has 0 radical (unpaired) electrons. The van der Waals surface area contributed by atoms with E-state index in [1.165, 1.54) is 0 Å². The van der Waals surface area contributed by atoms with E-state index >= 15 is 0 Å². The van der Waals surface area contributed by atoms with Gasteiger partial charge in [0.05, 0.1) is 0 Å². The number of hydrogen-bond acceptors (Lipinski definition) is 3. The third kappa shape index (κ3) is 2.86. The Bertz CT molecular complexity index is 686. The molecule has 5 nitrogen and oxygen atoms in total. The lowest BCUT2D eigenvalue weighted by Gasteiger charge is -2.13. The highest BCUT2D eigenvalue weighted by molar-refractivity contribution is 7.37. The third-order valence-corrected chi connectivity index (χ3v) is 4.13.